The molecular formula is C24H29ClFN3O6S. The van der Waals surface area contributed by atoms with Crippen molar-refractivity contribution in [1.82, 2.24) is 5.32 Å². The molecule has 0 radical (unpaired) electrons. The van der Waals surface area contributed by atoms with E-state index in [1.807, 2.05) is 13.8 Å². The van der Waals surface area contributed by atoms with Gasteiger partial charge in [-0.1, -0.05) is 13.8 Å². The third-order valence-electron chi connectivity index (χ3n) is 5.72. The quantitative estimate of drug-likeness (QED) is 0.130. The zero-order valence-electron chi connectivity index (χ0n) is 19.9. The fourth-order valence-electron chi connectivity index (χ4n) is 3.42. The number of hydrogen-bond acceptors (Lipinski definition) is 7. The molecule has 0 aliphatic rings. The molecule has 0 saturated carbocycles. The zero-order chi connectivity index (χ0) is 26.2. The van der Waals surface area contributed by atoms with Gasteiger partial charge in [0.1, 0.15) is 10.7 Å². The molecule has 9 nitrogen and oxygen atoms in total. The average molecular weight is 542 g/mol. The van der Waals surface area contributed by atoms with Gasteiger partial charge in [-0.05, 0) is 49.6 Å². The van der Waals surface area contributed by atoms with E-state index in [0.717, 1.165) is 22.3 Å². The van der Waals surface area contributed by atoms with Gasteiger partial charge in [-0.25, -0.2) is 9.18 Å². The topological polar surface area (TPSA) is 160 Å². The Hall–Kier alpha value is -3.31. The summed E-state index contributed by atoms with van der Waals surface area (Å²) in [6, 6.07) is 6.83. The largest absolute Gasteiger partial charge is 0.481 e. The maximum absolute atomic E-state index is 14.2. The maximum Gasteiger partial charge on any atom is 0.353 e. The minimum atomic E-state index is -1.08. The average Bonchev–Trinajstić information content (AvgIpc) is 3.29. The normalized spacial score (nSPS) is 10.8. The van der Waals surface area contributed by atoms with Crippen LogP contribution in [-0.4, -0.2) is 41.1 Å². The lowest BCUT2D eigenvalue weighted by Crippen LogP contribution is -2.43. The Labute approximate surface area is 218 Å². The highest BCUT2D eigenvalue weighted by Crippen LogP contribution is 2.34. The van der Waals surface area contributed by atoms with Crippen LogP contribution in [0.3, 0.4) is 0 Å². The molecule has 196 valence electrons. The molecule has 0 aliphatic carbocycles. The number of amidine groups is 1. The molecule has 1 amide bonds. The number of carbonyl (C=O) groups excluding carboxylic acids is 3. The Morgan fingerprint density at radius 2 is 1.81 bits per heavy atom. The van der Waals surface area contributed by atoms with E-state index >= 15 is 0 Å². The summed E-state index contributed by atoms with van der Waals surface area (Å²) in [7, 11) is 0. The molecular weight excluding hydrogens is 513 g/mol. The number of aliphatic carboxylic acids is 1. The number of carboxylic acid groups (broad SMARTS) is 1. The lowest BCUT2D eigenvalue weighted by atomic mass is 9.77. The molecule has 0 saturated heterocycles. The molecule has 1 aromatic heterocycles. The molecule has 1 heterocycles. The van der Waals surface area contributed by atoms with E-state index in [1.54, 1.807) is 6.07 Å². The van der Waals surface area contributed by atoms with Gasteiger partial charge in [0.15, 0.2) is 17.3 Å². The Balaban J connectivity index is 0.00000648. The summed E-state index contributed by atoms with van der Waals surface area (Å²) in [5.41, 5.74) is 4.66. The van der Waals surface area contributed by atoms with Crippen LogP contribution in [0.2, 0.25) is 0 Å². The first kappa shape index (κ1) is 30.7. The Morgan fingerprint density at radius 3 is 2.36 bits per heavy atom. The van der Waals surface area contributed by atoms with E-state index in [4.69, 9.17) is 21.0 Å². The minimum absolute atomic E-state index is 0. The van der Waals surface area contributed by atoms with Crippen molar-refractivity contribution in [3.8, 4) is 5.75 Å². The predicted octanol–water partition coefficient (Wildman–Crippen LogP) is 3.71. The predicted molar refractivity (Wildman–Crippen MR) is 136 cm³/mol. The van der Waals surface area contributed by atoms with Crippen LogP contribution in [0.15, 0.2) is 30.3 Å². The number of esters is 1. The number of halogens is 2. The van der Waals surface area contributed by atoms with E-state index in [9.17, 15) is 23.6 Å². The number of carboxylic acids is 1. The summed E-state index contributed by atoms with van der Waals surface area (Å²) in [6.45, 7) is 3.46. The summed E-state index contributed by atoms with van der Waals surface area (Å²) in [4.78, 5) is 48.9. The summed E-state index contributed by atoms with van der Waals surface area (Å²) in [6.07, 6.45) is 0.818. The first-order valence-electron chi connectivity index (χ1n) is 11.0. The van der Waals surface area contributed by atoms with Crippen molar-refractivity contribution in [1.29, 1.82) is 5.41 Å². The smallest absolute Gasteiger partial charge is 0.353 e. The number of ketones is 1. The van der Waals surface area contributed by atoms with Gasteiger partial charge in [0, 0.05) is 16.9 Å². The van der Waals surface area contributed by atoms with E-state index < -0.39 is 23.2 Å². The van der Waals surface area contributed by atoms with Gasteiger partial charge in [-0.3, -0.25) is 19.8 Å². The molecule has 0 aliphatic heterocycles. The monoisotopic (exact) mass is 541 g/mol. The molecule has 5 N–H and O–H groups in total. The molecule has 2 aromatic rings. The molecule has 0 bridgehead atoms. The number of rotatable bonds is 13. The number of nitrogens with two attached hydrogens (primary N) is 1. The van der Waals surface area contributed by atoms with E-state index in [1.165, 1.54) is 18.2 Å². The number of nitrogen functional groups attached to an aromatic ring is 1. The molecule has 0 spiro atoms. The number of nitrogens with one attached hydrogen (secondary N) is 2. The summed E-state index contributed by atoms with van der Waals surface area (Å²) < 4.78 is 19.3. The number of Topliss-reactive ketones (excluding diaryl/α,β-unsaturated/α-hetero) is 1. The number of thiophene rings is 1. The number of amides is 1. The van der Waals surface area contributed by atoms with Crippen LogP contribution >= 0.6 is 23.7 Å². The van der Waals surface area contributed by atoms with Crippen LogP contribution in [0, 0.1) is 16.6 Å². The minimum Gasteiger partial charge on any atom is -0.481 e. The van der Waals surface area contributed by atoms with Gasteiger partial charge in [0.05, 0.1) is 18.4 Å². The molecule has 36 heavy (non-hydrogen) atoms. The van der Waals surface area contributed by atoms with Crippen LogP contribution in [-0.2, 0) is 20.8 Å². The molecule has 12 heteroatoms. The third kappa shape index (κ3) is 8.13. The van der Waals surface area contributed by atoms with E-state index in [0.29, 0.717) is 19.3 Å². The molecule has 0 fully saturated rings. The standard InChI is InChI=1S/C24H28FN3O6S.ClH/c1-3-24(4-2,23(33)28-13-15(29)6-10-20(30)31)12-16-7-9-19(35-16)22(32)34-18-8-5-14(21(26)27)11-17(18)25;/h5,7-9,11H,3-4,6,10,12-13H2,1-2H3,(H3,26,27)(H,28,33)(H,30,31);1H. The maximum atomic E-state index is 14.2. The fourth-order valence-corrected chi connectivity index (χ4v) is 4.45. The Kier molecular flexibility index (Phi) is 11.7. The number of carbonyl (C=O) groups is 4. The van der Waals surface area contributed by atoms with Crippen molar-refractivity contribution in [3.63, 3.8) is 0 Å². The van der Waals surface area contributed by atoms with Crippen LogP contribution in [0.5, 0.6) is 5.75 Å². The Morgan fingerprint density at radius 1 is 1.14 bits per heavy atom. The van der Waals surface area contributed by atoms with Crippen molar-refractivity contribution < 1.29 is 33.4 Å². The van der Waals surface area contributed by atoms with Crippen LogP contribution in [0.25, 0.3) is 0 Å². The van der Waals surface area contributed by atoms with Crippen molar-refractivity contribution in [2.75, 3.05) is 6.54 Å². The highest BCUT2D eigenvalue weighted by Gasteiger charge is 2.35. The fraction of sp³-hybridized carbons (Fsp3) is 0.375. The van der Waals surface area contributed by atoms with Crippen LogP contribution in [0.4, 0.5) is 4.39 Å². The second kappa shape index (κ2) is 13.7. The van der Waals surface area contributed by atoms with Crippen LogP contribution in [0.1, 0.15) is 59.6 Å². The zero-order valence-corrected chi connectivity index (χ0v) is 21.5. The first-order chi connectivity index (χ1) is 16.5. The second-order valence-electron chi connectivity index (χ2n) is 7.99. The third-order valence-corrected chi connectivity index (χ3v) is 6.79. The number of hydrogen-bond donors (Lipinski definition) is 4. The van der Waals surface area contributed by atoms with Gasteiger partial charge in [-0.15, -0.1) is 23.7 Å². The highest BCUT2D eigenvalue weighted by molar-refractivity contribution is 7.14. The van der Waals surface area contributed by atoms with Gasteiger partial charge in [0.25, 0.3) is 0 Å². The first-order valence-corrected chi connectivity index (χ1v) is 11.8. The highest BCUT2D eigenvalue weighted by atomic mass is 35.5. The molecule has 1 aromatic carbocycles. The van der Waals surface area contributed by atoms with Crippen molar-refractivity contribution in [2.45, 2.75) is 46.0 Å². The van der Waals surface area contributed by atoms with Crippen molar-refractivity contribution in [3.05, 3.63) is 51.5 Å². The van der Waals surface area contributed by atoms with Crippen LogP contribution < -0.4 is 15.8 Å². The molecule has 0 unspecified atom stereocenters. The summed E-state index contributed by atoms with van der Waals surface area (Å²) in [5.74, 6) is -3.96. The molecule has 2 rings (SSSR count). The second-order valence-corrected chi connectivity index (χ2v) is 9.16. The van der Waals surface area contributed by atoms with E-state index in [-0.39, 0.29) is 65.5 Å². The lowest BCUT2D eigenvalue weighted by Gasteiger charge is -2.29. The van der Waals surface area contributed by atoms with Gasteiger partial charge < -0.3 is 20.9 Å². The van der Waals surface area contributed by atoms with Crippen molar-refractivity contribution in [2.24, 2.45) is 11.1 Å². The summed E-state index contributed by atoms with van der Waals surface area (Å²) >= 11 is 1.12. The number of benzene rings is 1. The van der Waals surface area contributed by atoms with Gasteiger partial charge >= 0.3 is 11.9 Å². The molecule has 0 atom stereocenters. The van der Waals surface area contributed by atoms with Crippen molar-refractivity contribution >= 4 is 53.2 Å². The summed E-state index contributed by atoms with van der Waals surface area (Å²) in [5, 5.41) is 18.6. The van der Waals surface area contributed by atoms with E-state index in [2.05, 4.69) is 5.32 Å². The SMILES string of the molecule is CCC(CC)(Cc1ccc(C(=O)Oc2ccc(C(=N)N)cc2F)s1)C(=O)NCC(=O)CCC(=O)O.Cl. The lowest BCUT2D eigenvalue weighted by molar-refractivity contribution is -0.138. The number of ether oxygens (including phenoxy) is 1. The van der Waals surface area contributed by atoms with Gasteiger partial charge in [-0.2, -0.15) is 0 Å². The Bertz CT molecular complexity index is 1130. The van der Waals surface area contributed by atoms with Gasteiger partial charge in [0.2, 0.25) is 5.91 Å².